The van der Waals surface area contributed by atoms with Crippen LogP contribution < -0.4 is 0 Å². The predicted octanol–water partition coefficient (Wildman–Crippen LogP) is 3.42. The van der Waals surface area contributed by atoms with E-state index in [1.54, 1.807) is 0 Å². The second-order valence-electron chi connectivity index (χ2n) is 7.50. The largest absolute Gasteiger partial charge is 0.394 e. The van der Waals surface area contributed by atoms with E-state index in [1.807, 2.05) is 0 Å². The number of carbonyl (C=O) groups excluding carboxylic acids is 2. The molecule has 0 amide bonds. The fourth-order valence-electron chi connectivity index (χ4n) is 2.63. The molecule has 0 aromatic carbocycles. The summed E-state index contributed by atoms with van der Waals surface area (Å²) in [4.78, 5) is 21.7. The van der Waals surface area contributed by atoms with E-state index in [1.165, 1.54) is 26.2 Å². The minimum Gasteiger partial charge on any atom is -0.394 e. The molecule has 0 heterocycles. The lowest BCUT2D eigenvalue weighted by molar-refractivity contribution is -0.158. The molecule has 0 radical (unpaired) electrons. The van der Waals surface area contributed by atoms with Crippen LogP contribution in [0.1, 0.15) is 97.3 Å². The van der Waals surface area contributed by atoms with Crippen LogP contribution in [0.5, 0.6) is 0 Å². The van der Waals surface area contributed by atoms with Crippen molar-refractivity contribution in [1.82, 2.24) is 0 Å². The van der Waals surface area contributed by atoms with Crippen molar-refractivity contribution in [2.45, 2.75) is 110 Å². The highest BCUT2D eigenvalue weighted by molar-refractivity contribution is 5.83. The number of ether oxygens (including phenoxy) is 1. The molecular formula is C23H44O7. The van der Waals surface area contributed by atoms with Gasteiger partial charge in [-0.2, -0.15) is 0 Å². The smallest absolute Gasteiger partial charge is 0.313 e. The lowest BCUT2D eigenvalue weighted by Gasteiger charge is -2.07. The molecular weight excluding hydrogens is 388 g/mol. The van der Waals surface area contributed by atoms with Gasteiger partial charge in [0.05, 0.1) is 19.3 Å². The van der Waals surface area contributed by atoms with E-state index in [0.29, 0.717) is 6.42 Å². The third-order valence-electron chi connectivity index (χ3n) is 4.40. The van der Waals surface area contributed by atoms with Gasteiger partial charge in [-0.15, -0.1) is 0 Å². The summed E-state index contributed by atoms with van der Waals surface area (Å²) < 4.78 is 4.47. The van der Waals surface area contributed by atoms with Crippen molar-refractivity contribution in [3.63, 3.8) is 0 Å². The van der Waals surface area contributed by atoms with Gasteiger partial charge < -0.3 is 25.2 Å². The summed E-state index contributed by atoms with van der Waals surface area (Å²) >= 11 is 0. The molecule has 30 heavy (non-hydrogen) atoms. The van der Waals surface area contributed by atoms with E-state index in [2.05, 4.69) is 23.8 Å². The monoisotopic (exact) mass is 432 g/mol. The number of carbonyl (C=O) groups is 2. The van der Waals surface area contributed by atoms with Crippen LogP contribution in [-0.4, -0.2) is 57.8 Å². The van der Waals surface area contributed by atoms with Crippen molar-refractivity contribution in [3.8, 4) is 0 Å². The number of aliphatic hydroxyl groups is 4. The maximum Gasteiger partial charge on any atom is 0.313 e. The van der Waals surface area contributed by atoms with E-state index in [0.717, 1.165) is 57.8 Å². The van der Waals surface area contributed by atoms with Gasteiger partial charge in [0.25, 0.3) is 0 Å². The third kappa shape index (κ3) is 26.7. The highest BCUT2D eigenvalue weighted by Gasteiger charge is 2.05. The van der Waals surface area contributed by atoms with Gasteiger partial charge in [0.2, 0.25) is 0 Å². The first-order valence-corrected chi connectivity index (χ1v) is 11.3. The Hall–Kier alpha value is -1.28. The van der Waals surface area contributed by atoms with E-state index in [4.69, 9.17) is 15.3 Å². The van der Waals surface area contributed by atoms with Crippen LogP contribution >= 0.6 is 0 Å². The lowest BCUT2D eigenvalue weighted by Crippen LogP contribution is -2.15. The Kier molecular flexibility index (Phi) is 24.7. The molecule has 7 heteroatoms. The summed E-state index contributed by atoms with van der Waals surface area (Å²) in [7, 11) is 0. The predicted molar refractivity (Wildman–Crippen MR) is 118 cm³/mol. The molecule has 7 nitrogen and oxygen atoms in total. The third-order valence-corrected chi connectivity index (χ3v) is 4.40. The molecule has 0 rings (SSSR count). The molecule has 4 N–H and O–H groups in total. The molecule has 0 aliphatic heterocycles. The summed E-state index contributed by atoms with van der Waals surface area (Å²) in [6.45, 7) is 2.71. The molecule has 0 aromatic rings. The quantitative estimate of drug-likeness (QED) is 0.120. The second kappa shape index (κ2) is 24.0. The highest BCUT2D eigenvalue weighted by atomic mass is 16.6. The zero-order chi connectivity index (χ0) is 23.0. The molecule has 0 saturated carbocycles. The lowest BCUT2D eigenvalue weighted by atomic mass is 10.1. The topological polar surface area (TPSA) is 124 Å². The van der Waals surface area contributed by atoms with Crippen molar-refractivity contribution in [2.75, 3.05) is 13.2 Å². The minimum atomic E-state index is -0.954. The first-order valence-electron chi connectivity index (χ1n) is 11.3. The molecule has 0 spiro atoms. The standard InChI is InChI=1S/C20H36O4.C3H8O3/c1-3-4-5-12-15-19(22)16-13-10-8-6-7-9-11-14-17-20(23)24-18(2)21;4-1-3(6)2-5/h10,13,19,22H,3-9,11-12,14-17H2,1-2H3;3-6H,1-2H2/b13-10-;/t19-;/m1./s1. The Morgan fingerprint density at radius 2 is 1.43 bits per heavy atom. The number of hydrogen-bond donors (Lipinski definition) is 4. The van der Waals surface area contributed by atoms with Crippen LogP contribution in [-0.2, 0) is 14.3 Å². The summed E-state index contributed by atoms with van der Waals surface area (Å²) in [5.41, 5.74) is 0. The number of unbranched alkanes of at least 4 members (excludes halogenated alkanes) is 8. The van der Waals surface area contributed by atoms with Crippen molar-refractivity contribution < 1.29 is 34.8 Å². The van der Waals surface area contributed by atoms with E-state index in [-0.39, 0.29) is 19.3 Å². The van der Waals surface area contributed by atoms with Crippen LogP contribution in [0.2, 0.25) is 0 Å². The molecule has 0 fully saturated rings. The summed E-state index contributed by atoms with van der Waals surface area (Å²) in [5.74, 6) is -0.948. The normalized spacial score (nSPS) is 12.0. The molecule has 0 aliphatic carbocycles. The number of hydrogen-bond acceptors (Lipinski definition) is 7. The fraction of sp³-hybridized carbons (Fsp3) is 0.826. The molecule has 178 valence electrons. The minimum absolute atomic E-state index is 0.187. The Labute approximate surface area is 182 Å². The molecule has 0 aromatic heterocycles. The summed E-state index contributed by atoms with van der Waals surface area (Å²) in [5, 5.41) is 33.9. The average molecular weight is 433 g/mol. The maximum absolute atomic E-state index is 11.1. The maximum atomic E-state index is 11.1. The van der Waals surface area contributed by atoms with Gasteiger partial charge >= 0.3 is 11.9 Å². The van der Waals surface area contributed by atoms with Gasteiger partial charge in [-0.3, -0.25) is 9.59 Å². The van der Waals surface area contributed by atoms with E-state index >= 15 is 0 Å². The zero-order valence-corrected chi connectivity index (χ0v) is 18.9. The Morgan fingerprint density at radius 3 is 2.00 bits per heavy atom. The van der Waals surface area contributed by atoms with Gasteiger partial charge in [0.1, 0.15) is 6.10 Å². The highest BCUT2D eigenvalue weighted by Crippen LogP contribution is 2.10. The van der Waals surface area contributed by atoms with Gasteiger partial charge in [-0.25, -0.2) is 0 Å². The molecule has 0 saturated heterocycles. The van der Waals surface area contributed by atoms with Crippen molar-refractivity contribution in [2.24, 2.45) is 0 Å². The van der Waals surface area contributed by atoms with E-state index < -0.39 is 18.0 Å². The zero-order valence-electron chi connectivity index (χ0n) is 18.9. The van der Waals surface area contributed by atoms with Crippen LogP contribution in [0.4, 0.5) is 0 Å². The Bertz CT molecular complexity index is 420. The number of allylic oxidation sites excluding steroid dienone is 1. The van der Waals surface area contributed by atoms with Gasteiger partial charge in [0.15, 0.2) is 0 Å². The van der Waals surface area contributed by atoms with Crippen LogP contribution in [0.15, 0.2) is 12.2 Å². The second-order valence-corrected chi connectivity index (χ2v) is 7.50. The SMILES string of the molecule is CCCCCC[C@@H](O)C/C=C\CCCCCCCC(=O)OC(C)=O.OCC(O)CO. The van der Waals surface area contributed by atoms with Gasteiger partial charge in [-0.1, -0.05) is 64.0 Å². The van der Waals surface area contributed by atoms with Gasteiger partial charge in [-0.05, 0) is 32.1 Å². The van der Waals surface area contributed by atoms with Crippen molar-refractivity contribution in [3.05, 3.63) is 12.2 Å². The van der Waals surface area contributed by atoms with Crippen LogP contribution in [0.3, 0.4) is 0 Å². The molecule has 1 atom stereocenters. The molecule has 0 unspecified atom stereocenters. The Balaban J connectivity index is 0. The summed E-state index contributed by atoms with van der Waals surface area (Å²) in [6, 6.07) is 0. The fourth-order valence-corrected chi connectivity index (χ4v) is 2.63. The average Bonchev–Trinajstić information content (AvgIpc) is 2.71. The first kappa shape index (κ1) is 30.9. The summed E-state index contributed by atoms with van der Waals surface area (Å²) in [6.07, 6.45) is 16.2. The number of esters is 2. The first-order chi connectivity index (χ1) is 14.4. The van der Waals surface area contributed by atoms with E-state index in [9.17, 15) is 14.7 Å². The number of rotatable bonds is 17. The van der Waals surface area contributed by atoms with Crippen LogP contribution in [0.25, 0.3) is 0 Å². The van der Waals surface area contributed by atoms with Crippen molar-refractivity contribution in [1.29, 1.82) is 0 Å². The molecule has 0 aliphatic rings. The van der Waals surface area contributed by atoms with Gasteiger partial charge in [0, 0.05) is 13.3 Å². The molecule has 0 bridgehead atoms. The van der Waals surface area contributed by atoms with Crippen molar-refractivity contribution >= 4 is 11.9 Å². The Morgan fingerprint density at radius 1 is 0.833 bits per heavy atom. The van der Waals surface area contributed by atoms with Crippen LogP contribution in [0, 0.1) is 0 Å². The number of aliphatic hydroxyl groups excluding tert-OH is 4.